The zero-order valence-electron chi connectivity index (χ0n) is 17.6. The van der Waals surface area contributed by atoms with Crippen molar-refractivity contribution in [3.05, 3.63) is 71.4 Å². The number of imidazole rings is 1. The highest BCUT2D eigenvalue weighted by molar-refractivity contribution is 5.87. The maximum absolute atomic E-state index is 12.8. The molecule has 174 valence electrons. The summed E-state index contributed by atoms with van der Waals surface area (Å²) >= 11 is 0. The minimum absolute atomic E-state index is 0. The molecule has 0 saturated heterocycles. The van der Waals surface area contributed by atoms with E-state index in [0.29, 0.717) is 22.2 Å². The van der Waals surface area contributed by atoms with Crippen molar-refractivity contribution in [1.82, 2.24) is 9.55 Å². The lowest BCUT2D eigenvalue weighted by Crippen LogP contribution is -2.09. The molecule has 0 aliphatic heterocycles. The van der Waals surface area contributed by atoms with E-state index in [9.17, 15) is 9.90 Å². The summed E-state index contributed by atoms with van der Waals surface area (Å²) in [5.74, 6) is -0.0140. The van der Waals surface area contributed by atoms with E-state index in [4.69, 9.17) is 9.83 Å². The third-order valence-corrected chi connectivity index (χ3v) is 5.50. The Morgan fingerprint density at radius 3 is 2.55 bits per heavy atom. The third-order valence-electron chi connectivity index (χ3n) is 5.50. The number of aromatic nitrogens is 2. The summed E-state index contributed by atoms with van der Waals surface area (Å²) in [5, 5.41) is 21.9. The van der Waals surface area contributed by atoms with Gasteiger partial charge in [0.15, 0.2) is 5.76 Å². The molecule has 5 rings (SSSR count). The van der Waals surface area contributed by atoms with Crippen molar-refractivity contribution in [2.75, 3.05) is 5.32 Å². The van der Waals surface area contributed by atoms with Crippen molar-refractivity contribution in [3.8, 4) is 22.8 Å². The van der Waals surface area contributed by atoms with E-state index in [-0.39, 0.29) is 48.0 Å². The highest BCUT2D eigenvalue weighted by atomic mass is 35.5. The Balaban J connectivity index is 0.00000128. The van der Waals surface area contributed by atoms with Gasteiger partial charge in [-0.25, -0.2) is 4.98 Å². The van der Waals surface area contributed by atoms with Crippen LogP contribution in [-0.4, -0.2) is 31.9 Å². The van der Waals surface area contributed by atoms with Crippen LogP contribution in [0.5, 0.6) is 5.75 Å². The normalized spacial score (nSPS) is 16.2. The minimum atomic E-state index is -0.468. The van der Waals surface area contributed by atoms with Crippen LogP contribution in [0, 0.1) is 11.3 Å². The number of nitrogens with one attached hydrogen (secondary N) is 2. The fourth-order valence-corrected chi connectivity index (χ4v) is 3.71. The number of fused-ring (bicyclic) bond motifs is 1. The Kier molecular flexibility index (Phi) is 7.92. The molecule has 2 heterocycles. The highest BCUT2D eigenvalue weighted by Crippen LogP contribution is 2.36. The lowest BCUT2D eigenvalue weighted by atomic mass is 10.1. The molecule has 5 N–H and O–H groups in total. The summed E-state index contributed by atoms with van der Waals surface area (Å²) in [6.45, 7) is 1.81. The minimum Gasteiger partial charge on any atom is -0.502 e. The fraction of sp³-hybridized carbons (Fsp3) is 0.174. The Labute approximate surface area is 201 Å². The van der Waals surface area contributed by atoms with Crippen molar-refractivity contribution < 1.29 is 15.0 Å². The zero-order valence-corrected chi connectivity index (χ0v) is 19.2. The summed E-state index contributed by atoms with van der Waals surface area (Å²) in [4.78, 5) is 16.8. The van der Waals surface area contributed by atoms with E-state index >= 15 is 0 Å². The molecule has 33 heavy (non-hydrogen) atoms. The molecule has 0 amide bonds. The van der Waals surface area contributed by atoms with Gasteiger partial charge in [0, 0.05) is 47.0 Å². The second kappa shape index (κ2) is 10.1. The SMILES string of the molecule is CC(=N)C1CC1Nc1ccc2oc(-c3ccc(-n4ccnc4)cc3)c(O)c(=O)c2c1.Cl.Cl.O. The van der Waals surface area contributed by atoms with Gasteiger partial charge in [-0.15, -0.1) is 24.8 Å². The molecule has 1 aliphatic carbocycles. The quantitative estimate of drug-likeness (QED) is 0.360. The van der Waals surface area contributed by atoms with Crippen molar-refractivity contribution in [2.24, 2.45) is 5.92 Å². The number of hydrogen-bond donors (Lipinski definition) is 3. The van der Waals surface area contributed by atoms with Crippen LogP contribution in [0.3, 0.4) is 0 Å². The number of aromatic hydroxyl groups is 1. The molecule has 0 spiro atoms. The van der Waals surface area contributed by atoms with Gasteiger partial charge in [0.25, 0.3) is 0 Å². The van der Waals surface area contributed by atoms with Crippen LogP contribution in [0.2, 0.25) is 0 Å². The van der Waals surface area contributed by atoms with Gasteiger partial charge in [-0.2, -0.15) is 0 Å². The highest BCUT2D eigenvalue weighted by Gasteiger charge is 2.38. The van der Waals surface area contributed by atoms with E-state index < -0.39 is 11.2 Å². The van der Waals surface area contributed by atoms with Gasteiger partial charge in [-0.3, -0.25) is 4.79 Å². The first-order valence-corrected chi connectivity index (χ1v) is 9.71. The Hall–Kier alpha value is -3.33. The predicted molar refractivity (Wildman–Crippen MR) is 134 cm³/mol. The van der Waals surface area contributed by atoms with Gasteiger partial charge < -0.3 is 30.3 Å². The van der Waals surface area contributed by atoms with E-state index in [1.807, 2.05) is 35.9 Å². The first-order chi connectivity index (χ1) is 14.5. The third kappa shape index (κ3) is 4.88. The van der Waals surface area contributed by atoms with Crippen LogP contribution < -0.4 is 10.7 Å². The van der Waals surface area contributed by atoms with Crippen molar-refractivity contribution in [1.29, 1.82) is 5.41 Å². The molecule has 8 nitrogen and oxygen atoms in total. The van der Waals surface area contributed by atoms with E-state index in [0.717, 1.165) is 17.8 Å². The maximum Gasteiger partial charge on any atom is 0.235 e. The second-order valence-corrected chi connectivity index (χ2v) is 7.61. The van der Waals surface area contributed by atoms with Gasteiger partial charge in [-0.1, -0.05) is 0 Å². The molecule has 2 atom stereocenters. The zero-order chi connectivity index (χ0) is 20.8. The number of anilines is 1. The first kappa shape index (κ1) is 25.9. The molecular weight excluding hydrogens is 467 g/mol. The lowest BCUT2D eigenvalue weighted by molar-refractivity contribution is 0.449. The molecule has 2 aromatic heterocycles. The Bertz CT molecular complexity index is 1320. The van der Waals surface area contributed by atoms with Crippen LogP contribution in [0.4, 0.5) is 5.69 Å². The smallest absolute Gasteiger partial charge is 0.235 e. The average molecular weight is 491 g/mol. The van der Waals surface area contributed by atoms with Gasteiger partial charge in [0.2, 0.25) is 11.2 Å². The predicted octanol–water partition coefficient (Wildman–Crippen LogP) is 4.21. The standard InChI is InChI=1S/C23H20N4O3.2ClH.H2O/c1-13(24)17-11-19(17)26-15-4-7-20-18(10-15)21(28)22(29)23(30-20)14-2-5-16(6-3-14)27-9-8-25-12-27;;;/h2-10,12,17,19,24,26,29H,11H2,1H3;2*1H;1H2. The number of halogens is 2. The number of benzene rings is 2. The van der Waals surface area contributed by atoms with Gasteiger partial charge in [-0.05, 0) is 55.8 Å². The van der Waals surface area contributed by atoms with Crippen LogP contribution in [0.15, 0.2) is 70.4 Å². The van der Waals surface area contributed by atoms with E-state index in [1.165, 1.54) is 0 Å². The van der Waals surface area contributed by atoms with Crippen LogP contribution in [0.1, 0.15) is 13.3 Å². The maximum atomic E-state index is 12.8. The monoisotopic (exact) mass is 490 g/mol. The molecule has 0 radical (unpaired) electrons. The summed E-state index contributed by atoms with van der Waals surface area (Å²) in [5.41, 5.74) is 2.90. The Morgan fingerprint density at radius 2 is 1.94 bits per heavy atom. The number of rotatable bonds is 5. The fourth-order valence-electron chi connectivity index (χ4n) is 3.71. The van der Waals surface area contributed by atoms with Crippen LogP contribution >= 0.6 is 24.8 Å². The first-order valence-electron chi connectivity index (χ1n) is 9.71. The second-order valence-electron chi connectivity index (χ2n) is 7.61. The van der Waals surface area contributed by atoms with Crippen molar-refractivity contribution in [3.63, 3.8) is 0 Å². The van der Waals surface area contributed by atoms with Gasteiger partial charge >= 0.3 is 0 Å². The molecule has 1 saturated carbocycles. The summed E-state index contributed by atoms with van der Waals surface area (Å²) in [6, 6.07) is 12.8. The number of nitrogens with zero attached hydrogens (tertiary/aromatic N) is 2. The van der Waals surface area contributed by atoms with Crippen molar-refractivity contribution in [2.45, 2.75) is 19.4 Å². The molecule has 0 bridgehead atoms. The molecule has 2 aromatic carbocycles. The van der Waals surface area contributed by atoms with Gasteiger partial charge in [0.05, 0.1) is 11.7 Å². The molecular formula is C23H24Cl2N4O4. The van der Waals surface area contributed by atoms with Crippen molar-refractivity contribution >= 4 is 47.2 Å². The van der Waals surface area contributed by atoms with Crippen LogP contribution in [-0.2, 0) is 0 Å². The van der Waals surface area contributed by atoms with E-state index in [2.05, 4.69) is 10.3 Å². The molecule has 10 heteroatoms. The summed E-state index contributed by atoms with van der Waals surface area (Å²) < 4.78 is 7.75. The number of hydrogen-bond acceptors (Lipinski definition) is 6. The molecule has 2 unspecified atom stereocenters. The van der Waals surface area contributed by atoms with Gasteiger partial charge in [0.1, 0.15) is 5.58 Å². The summed E-state index contributed by atoms with van der Waals surface area (Å²) in [6.07, 6.45) is 6.14. The van der Waals surface area contributed by atoms with Crippen LogP contribution in [0.25, 0.3) is 28.0 Å². The topological polar surface area (TPSA) is 136 Å². The summed E-state index contributed by atoms with van der Waals surface area (Å²) in [7, 11) is 0. The molecule has 4 aromatic rings. The largest absolute Gasteiger partial charge is 0.502 e. The Morgan fingerprint density at radius 1 is 1.21 bits per heavy atom. The molecule has 1 fully saturated rings. The lowest BCUT2D eigenvalue weighted by Gasteiger charge is -2.10. The molecule has 1 aliphatic rings. The van der Waals surface area contributed by atoms with E-state index in [1.54, 1.807) is 36.8 Å². The average Bonchev–Trinajstić information content (AvgIpc) is 3.30.